The fourth-order valence-corrected chi connectivity index (χ4v) is 3.41. The second kappa shape index (κ2) is 9.97. The minimum atomic E-state index is -0.103. The Morgan fingerprint density at radius 3 is 2.77 bits per heavy atom. The normalized spacial score (nSPS) is 12.0. The summed E-state index contributed by atoms with van der Waals surface area (Å²) in [5.74, 6) is 2.22. The lowest BCUT2D eigenvalue weighted by Crippen LogP contribution is -2.25. The molecule has 0 aliphatic heterocycles. The van der Waals surface area contributed by atoms with Crippen LogP contribution in [0.15, 0.2) is 18.2 Å². The number of nitrogens with one attached hydrogen (secondary N) is 2. The highest BCUT2D eigenvalue weighted by Crippen LogP contribution is 2.28. The van der Waals surface area contributed by atoms with Gasteiger partial charge < -0.3 is 20.9 Å². The summed E-state index contributed by atoms with van der Waals surface area (Å²) >= 11 is 0. The number of nitrogens with zero attached hydrogens (tertiary/aromatic N) is 5. The van der Waals surface area contributed by atoms with Gasteiger partial charge in [0.1, 0.15) is 11.6 Å². The maximum absolute atomic E-state index is 9.70. The summed E-state index contributed by atoms with van der Waals surface area (Å²) in [6.07, 6.45) is 2.86. The Morgan fingerprint density at radius 2 is 2.10 bits per heavy atom. The molecular formula is C20H28N8O2. The fourth-order valence-electron chi connectivity index (χ4n) is 3.41. The summed E-state index contributed by atoms with van der Waals surface area (Å²) in [6, 6.07) is 5.87. The number of aryl methyl sites for hydroxylation is 1. The molecule has 0 bridgehead atoms. The third-order valence-corrected chi connectivity index (χ3v) is 4.89. The van der Waals surface area contributed by atoms with Crippen LogP contribution in [0.4, 0.5) is 11.8 Å². The summed E-state index contributed by atoms with van der Waals surface area (Å²) in [5.41, 5.74) is 9.61. The van der Waals surface area contributed by atoms with Gasteiger partial charge in [0.15, 0.2) is 5.82 Å². The van der Waals surface area contributed by atoms with E-state index in [0.29, 0.717) is 24.5 Å². The molecule has 0 spiro atoms. The first-order valence-corrected chi connectivity index (χ1v) is 9.92. The number of hydrogen-bond acceptors (Lipinski definition) is 9. The number of aromatic nitrogens is 6. The van der Waals surface area contributed by atoms with E-state index in [9.17, 15) is 5.11 Å². The minimum Gasteiger partial charge on any atom is -0.496 e. The molecule has 10 heteroatoms. The number of tetrazole rings is 1. The van der Waals surface area contributed by atoms with Crippen LogP contribution in [-0.2, 0) is 12.8 Å². The van der Waals surface area contributed by atoms with E-state index >= 15 is 0 Å². The van der Waals surface area contributed by atoms with Gasteiger partial charge in [-0.15, -0.1) is 10.2 Å². The molecule has 0 unspecified atom stereocenters. The predicted molar refractivity (Wildman–Crippen MR) is 113 cm³/mol. The molecule has 160 valence electrons. The number of anilines is 2. The van der Waals surface area contributed by atoms with Crippen molar-refractivity contribution in [1.82, 2.24) is 30.6 Å². The largest absolute Gasteiger partial charge is 0.496 e. The van der Waals surface area contributed by atoms with Gasteiger partial charge in [-0.05, 0) is 30.5 Å². The Balaban J connectivity index is 1.94. The number of aliphatic hydroxyl groups is 1. The zero-order valence-corrected chi connectivity index (χ0v) is 17.5. The summed E-state index contributed by atoms with van der Waals surface area (Å²) in [6.45, 7) is 3.99. The van der Waals surface area contributed by atoms with Gasteiger partial charge in [0, 0.05) is 24.1 Å². The Labute approximate surface area is 175 Å². The second-order valence-electron chi connectivity index (χ2n) is 7.13. The summed E-state index contributed by atoms with van der Waals surface area (Å²) in [7, 11) is 1.65. The number of ether oxygens (including phenoxy) is 1. The minimum absolute atomic E-state index is 0.0136. The predicted octanol–water partition coefficient (Wildman–Crippen LogP) is 1.64. The molecule has 2 heterocycles. The molecular weight excluding hydrogens is 384 g/mol. The summed E-state index contributed by atoms with van der Waals surface area (Å²) in [4.78, 5) is 8.75. The maximum atomic E-state index is 9.70. The Kier molecular flexibility index (Phi) is 7.12. The molecule has 10 nitrogen and oxygen atoms in total. The van der Waals surface area contributed by atoms with Gasteiger partial charge in [-0.2, -0.15) is 10.2 Å². The van der Waals surface area contributed by atoms with E-state index in [1.165, 1.54) is 0 Å². The van der Waals surface area contributed by atoms with Crippen LogP contribution >= 0.6 is 0 Å². The van der Waals surface area contributed by atoms with Crippen LogP contribution in [0.3, 0.4) is 0 Å². The lowest BCUT2D eigenvalue weighted by atomic mass is 9.99. The number of methoxy groups -OCH3 is 1. The molecule has 1 aromatic carbocycles. The molecule has 3 rings (SSSR count). The van der Waals surface area contributed by atoms with Gasteiger partial charge in [-0.1, -0.05) is 30.7 Å². The van der Waals surface area contributed by atoms with Gasteiger partial charge in [0.05, 0.1) is 19.8 Å². The smallest absolute Gasteiger partial charge is 0.222 e. The number of aromatic amines is 1. The van der Waals surface area contributed by atoms with Gasteiger partial charge in [-0.3, -0.25) is 0 Å². The number of benzene rings is 1. The number of H-pyrrole nitrogens is 1. The monoisotopic (exact) mass is 412 g/mol. The highest BCUT2D eigenvalue weighted by atomic mass is 16.5. The molecule has 0 aliphatic rings. The number of nitrogens with two attached hydrogens (primary N) is 1. The molecule has 1 atom stereocenters. The SMILES string of the molecule is CCC[C@@H](CO)Nc1nc(N)nc(C)c1Cc1cc(Cc2nn[nH]n2)ccc1OC. The van der Waals surface area contributed by atoms with E-state index in [1.54, 1.807) is 7.11 Å². The molecule has 0 amide bonds. The zero-order chi connectivity index (χ0) is 21.5. The van der Waals surface area contributed by atoms with Crippen LogP contribution in [0.1, 0.15) is 48.0 Å². The highest BCUT2D eigenvalue weighted by molar-refractivity contribution is 5.54. The van der Waals surface area contributed by atoms with Crippen molar-refractivity contribution in [2.75, 3.05) is 24.8 Å². The first-order valence-electron chi connectivity index (χ1n) is 9.92. The van der Waals surface area contributed by atoms with E-state index in [2.05, 4.69) is 48.9 Å². The third-order valence-electron chi connectivity index (χ3n) is 4.89. The summed E-state index contributed by atoms with van der Waals surface area (Å²) in [5, 5.41) is 27.1. The molecule has 0 saturated carbocycles. The summed E-state index contributed by atoms with van der Waals surface area (Å²) < 4.78 is 5.58. The van der Waals surface area contributed by atoms with Crippen molar-refractivity contribution < 1.29 is 9.84 Å². The van der Waals surface area contributed by atoms with E-state index in [1.807, 2.05) is 19.1 Å². The van der Waals surface area contributed by atoms with Crippen molar-refractivity contribution in [3.05, 3.63) is 46.4 Å². The number of hydrogen-bond donors (Lipinski definition) is 4. The fraction of sp³-hybridized carbons (Fsp3) is 0.450. The quantitative estimate of drug-likeness (QED) is 0.390. The average molecular weight is 412 g/mol. The Morgan fingerprint density at radius 1 is 1.27 bits per heavy atom. The lowest BCUT2D eigenvalue weighted by Gasteiger charge is -2.20. The molecule has 30 heavy (non-hydrogen) atoms. The highest BCUT2D eigenvalue weighted by Gasteiger charge is 2.17. The molecule has 0 aliphatic carbocycles. The average Bonchev–Trinajstić information content (AvgIpc) is 3.23. The van der Waals surface area contributed by atoms with E-state index in [-0.39, 0.29) is 18.6 Å². The van der Waals surface area contributed by atoms with Gasteiger partial charge >= 0.3 is 0 Å². The van der Waals surface area contributed by atoms with Crippen LogP contribution in [0.2, 0.25) is 0 Å². The van der Waals surface area contributed by atoms with Crippen LogP contribution in [0, 0.1) is 6.92 Å². The van der Waals surface area contributed by atoms with E-state index in [4.69, 9.17) is 10.5 Å². The third kappa shape index (κ3) is 5.20. The van der Waals surface area contributed by atoms with E-state index in [0.717, 1.165) is 41.0 Å². The molecule has 0 fully saturated rings. The second-order valence-corrected chi connectivity index (χ2v) is 7.13. The van der Waals surface area contributed by atoms with Crippen molar-refractivity contribution in [2.24, 2.45) is 0 Å². The lowest BCUT2D eigenvalue weighted by molar-refractivity contribution is 0.268. The van der Waals surface area contributed by atoms with Crippen LogP contribution in [0.5, 0.6) is 5.75 Å². The molecule has 0 radical (unpaired) electrons. The topological polar surface area (TPSA) is 148 Å². The Hall–Kier alpha value is -3.27. The molecule has 0 saturated heterocycles. The van der Waals surface area contributed by atoms with Gasteiger partial charge in [0.25, 0.3) is 0 Å². The van der Waals surface area contributed by atoms with Crippen LogP contribution < -0.4 is 15.8 Å². The van der Waals surface area contributed by atoms with E-state index < -0.39 is 0 Å². The first-order chi connectivity index (χ1) is 14.5. The molecule has 5 N–H and O–H groups in total. The number of rotatable bonds is 10. The maximum Gasteiger partial charge on any atom is 0.222 e. The van der Waals surface area contributed by atoms with Crippen molar-refractivity contribution in [3.63, 3.8) is 0 Å². The van der Waals surface area contributed by atoms with Crippen LogP contribution in [-0.4, -0.2) is 55.5 Å². The van der Waals surface area contributed by atoms with Crippen molar-refractivity contribution in [1.29, 1.82) is 0 Å². The molecule has 3 aromatic rings. The molecule has 2 aromatic heterocycles. The number of aliphatic hydroxyl groups excluding tert-OH is 1. The van der Waals surface area contributed by atoms with Crippen molar-refractivity contribution >= 4 is 11.8 Å². The van der Waals surface area contributed by atoms with Crippen LogP contribution in [0.25, 0.3) is 0 Å². The van der Waals surface area contributed by atoms with Gasteiger partial charge in [0.2, 0.25) is 5.95 Å². The zero-order valence-electron chi connectivity index (χ0n) is 17.5. The van der Waals surface area contributed by atoms with Crippen molar-refractivity contribution in [2.45, 2.75) is 45.6 Å². The van der Waals surface area contributed by atoms with Crippen molar-refractivity contribution in [3.8, 4) is 5.75 Å². The van der Waals surface area contributed by atoms with Gasteiger partial charge in [-0.25, -0.2) is 4.98 Å². The Bertz CT molecular complexity index is 962. The standard InChI is InChI=1S/C20H28N8O2/c1-4-5-15(11-29)23-19-16(12(2)22-20(21)24-19)10-14-8-13(6-7-17(14)30-3)9-18-25-27-28-26-18/h6-8,15,29H,4-5,9-11H2,1-3H3,(H3,21,22,23,24)(H,25,26,27,28)/t15-/m0/s1. The first kappa shape index (κ1) is 21.4. The number of nitrogen functional groups attached to an aromatic ring is 1.